The Morgan fingerprint density at radius 1 is 1.60 bits per heavy atom. The van der Waals surface area contributed by atoms with Gasteiger partial charge in [0.25, 0.3) is 0 Å². The van der Waals surface area contributed by atoms with Crippen LogP contribution in [0.2, 0.25) is 0 Å². The van der Waals surface area contributed by atoms with Crippen LogP contribution in [0.5, 0.6) is 0 Å². The predicted octanol–water partition coefficient (Wildman–Crippen LogP) is 0.816. The largest absolute Gasteiger partial charge is 0.396 e. The maximum absolute atomic E-state index is 9.11. The molecule has 4 N–H and O–H groups in total. The van der Waals surface area contributed by atoms with Crippen molar-refractivity contribution in [2.75, 3.05) is 18.9 Å². The number of hydrogen-bond acceptors (Lipinski definition) is 4. The SMILES string of the molecule is CC1CC(CN)(NC(C)C(C)CO)CS1. The third kappa shape index (κ3) is 3.34. The van der Waals surface area contributed by atoms with Gasteiger partial charge in [0, 0.05) is 35.7 Å². The molecule has 0 bridgehead atoms. The molecule has 1 heterocycles. The highest BCUT2D eigenvalue weighted by Gasteiger charge is 2.38. The van der Waals surface area contributed by atoms with Crippen molar-refractivity contribution in [3.63, 3.8) is 0 Å². The van der Waals surface area contributed by atoms with Gasteiger partial charge in [0.05, 0.1) is 0 Å². The van der Waals surface area contributed by atoms with Crippen LogP contribution in [0.4, 0.5) is 0 Å². The first-order valence-corrected chi connectivity index (χ1v) is 6.78. The lowest BCUT2D eigenvalue weighted by atomic mass is 9.93. The monoisotopic (exact) mass is 232 g/mol. The van der Waals surface area contributed by atoms with Crippen LogP contribution in [0.3, 0.4) is 0 Å². The fraction of sp³-hybridized carbons (Fsp3) is 1.00. The lowest BCUT2D eigenvalue weighted by molar-refractivity contribution is 0.185. The first kappa shape index (κ1) is 13.3. The number of nitrogens with two attached hydrogens (primary N) is 1. The molecule has 0 aromatic heterocycles. The van der Waals surface area contributed by atoms with Crippen LogP contribution in [-0.4, -0.2) is 40.8 Å². The normalized spacial score (nSPS) is 35.4. The van der Waals surface area contributed by atoms with Gasteiger partial charge in [-0.1, -0.05) is 13.8 Å². The first-order chi connectivity index (χ1) is 7.03. The minimum atomic E-state index is 0.0902. The van der Waals surface area contributed by atoms with E-state index in [4.69, 9.17) is 10.8 Å². The minimum absolute atomic E-state index is 0.0902. The number of nitrogens with one attached hydrogen (secondary N) is 1. The highest BCUT2D eigenvalue weighted by molar-refractivity contribution is 8.00. The zero-order valence-electron chi connectivity index (χ0n) is 9.99. The summed E-state index contributed by atoms with van der Waals surface area (Å²) < 4.78 is 0. The fourth-order valence-electron chi connectivity index (χ4n) is 2.05. The van der Waals surface area contributed by atoms with Gasteiger partial charge in [-0.3, -0.25) is 0 Å². The van der Waals surface area contributed by atoms with Crippen molar-refractivity contribution < 1.29 is 5.11 Å². The highest BCUT2D eigenvalue weighted by Crippen LogP contribution is 2.34. The Morgan fingerprint density at radius 3 is 2.67 bits per heavy atom. The zero-order valence-corrected chi connectivity index (χ0v) is 10.8. The molecule has 0 aromatic rings. The summed E-state index contributed by atoms with van der Waals surface area (Å²) in [6.45, 7) is 7.37. The van der Waals surface area contributed by atoms with Crippen LogP contribution in [0.25, 0.3) is 0 Å². The summed E-state index contributed by atoms with van der Waals surface area (Å²) in [5.74, 6) is 1.38. The summed E-state index contributed by atoms with van der Waals surface area (Å²) >= 11 is 1.99. The van der Waals surface area contributed by atoms with Gasteiger partial charge in [-0.15, -0.1) is 0 Å². The van der Waals surface area contributed by atoms with Crippen LogP contribution in [0.15, 0.2) is 0 Å². The Labute approximate surface area is 97.2 Å². The Kier molecular flexibility index (Phi) is 4.90. The van der Waals surface area contributed by atoms with Gasteiger partial charge in [-0.05, 0) is 19.3 Å². The molecule has 0 aromatic carbocycles. The summed E-state index contributed by atoms with van der Waals surface area (Å²) in [7, 11) is 0. The van der Waals surface area contributed by atoms with E-state index in [2.05, 4.69) is 26.1 Å². The third-order valence-corrected chi connectivity index (χ3v) is 4.84. The molecule has 0 radical (unpaired) electrons. The van der Waals surface area contributed by atoms with Crippen LogP contribution in [-0.2, 0) is 0 Å². The van der Waals surface area contributed by atoms with Crippen molar-refractivity contribution in [1.82, 2.24) is 5.32 Å². The smallest absolute Gasteiger partial charge is 0.0471 e. The van der Waals surface area contributed by atoms with Gasteiger partial charge in [0.15, 0.2) is 0 Å². The molecule has 1 saturated heterocycles. The topological polar surface area (TPSA) is 58.3 Å². The van der Waals surface area contributed by atoms with E-state index < -0.39 is 0 Å². The predicted molar refractivity (Wildman–Crippen MR) is 67.2 cm³/mol. The van der Waals surface area contributed by atoms with Crippen molar-refractivity contribution in [3.8, 4) is 0 Å². The zero-order chi connectivity index (χ0) is 11.5. The molecule has 0 aliphatic carbocycles. The molecule has 1 fully saturated rings. The molecule has 1 aliphatic heterocycles. The molecule has 15 heavy (non-hydrogen) atoms. The van der Waals surface area contributed by atoms with Crippen LogP contribution < -0.4 is 11.1 Å². The minimum Gasteiger partial charge on any atom is -0.396 e. The average molecular weight is 232 g/mol. The Morgan fingerprint density at radius 2 is 2.27 bits per heavy atom. The van der Waals surface area contributed by atoms with Gasteiger partial charge in [0.1, 0.15) is 0 Å². The van der Waals surface area contributed by atoms with Crippen molar-refractivity contribution in [2.45, 2.75) is 44.0 Å². The summed E-state index contributed by atoms with van der Waals surface area (Å²) in [5.41, 5.74) is 5.97. The maximum atomic E-state index is 9.11. The van der Waals surface area contributed by atoms with E-state index >= 15 is 0 Å². The van der Waals surface area contributed by atoms with E-state index in [0.717, 1.165) is 12.2 Å². The quantitative estimate of drug-likeness (QED) is 0.657. The lowest BCUT2D eigenvalue weighted by Gasteiger charge is -2.34. The highest BCUT2D eigenvalue weighted by atomic mass is 32.2. The molecule has 1 aliphatic rings. The molecule has 4 unspecified atom stereocenters. The van der Waals surface area contributed by atoms with Crippen molar-refractivity contribution in [1.29, 1.82) is 0 Å². The number of aliphatic hydroxyl groups is 1. The molecule has 90 valence electrons. The second-order valence-corrected chi connectivity index (χ2v) is 6.33. The number of hydrogen-bond donors (Lipinski definition) is 3. The summed E-state index contributed by atoms with van der Waals surface area (Å²) in [6.07, 6.45) is 1.14. The second kappa shape index (κ2) is 5.53. The van der Waals surface area contributed by atoms with Crippen LogP contribution in [0, 0.1) is 5.92 Å². The Hall–Kier alpha value is 0.230. The van der Waals surface area contributed by atoms with Crippen molar-refractivity contribution in [2.24, 2.45) is 11.7 Å². The van der Waals surface area contributed by atoms with E-state index in [-0.39, 0.29) is 18.1 Å². The molecule has 3 nitrogen and oxygen atoms in total. The number of aliphatic hydroxyl groups excluding tert-OH is 1. The molecular weight excluding hydrogens is 208 g/mol. The second-order valence-electron chi connectivity index (χ2n) is 4.90. The van der Waals surface area contributed by atoms with Gasteiger partial charge >= 0.3 is 0 Å². The molecule has 1 rings (SSSR count). The number of rotatable bonds is 5. The van der Waals surface area contributed by atoms with E-state index in [9.17, 15) is 0 Å². The maximum Gasteiger partial charge on any atom is 0.0471 e. The molecule has 4 heteroatoms. The van der Waals surface area contributed by atoms with Gasteiger partial charge < -0.3 is 16.2 Å². The first-order valence-electron chi connectivity index (χ1n) is 5.73. The fourth-order valence-corrected chi connectivity index (χ4v) is 3.41. The Bertz CT molecular complexity index is 203. The van der Waals surface area contributed by atoms with Gasteiger partial charge in [0.2, 0.25) is 0 Å². The summed E-state index contributed by atoms with van der Waals surface area (Å²) in [6, 6.07) is 0.324. The average Bonchev–Trinajstić information content (AvgIpc) is 2.59. The molecule has 0 saturated carbocycles. The summed E-state index contributed by atoms with van der Waals surface area (Å²) in [5, 5.41) is 13.4. The number of thioether (sulfide) groups is 1. The molecule has 4 atom stereocenters. The van der Waals surface area contributed by atoms with Crippen molar-refractivity contribution in [3.05, 3.63) is 0 Å². The third-order valence-electron chi connectivity index (χ3n) is 3.39. The van der Waals surface area contributed by atoms with E-state index in [1.165, 1.54) is 0 Å². The molecular formula is C11H24N2OS. The van der Waals surface area contributed by atoms with Crippen LogP contribution in [0.1, 0.15) is 27.2 Å². The van der Waals surface area contributed by atoms with Crippen LogP contribution >= 0.6 is 11.8 Å². The van der Waals surface area contributed by atoms with Gasteiger partial charge in [-0.2, -0.15) is 11.8 Å². The Balaban J connectivity index is 2.53. The van der Waals surface area contributed by atoms with Gasteiger partial charge in [-0.25, -0.2) is 0 Å². The molecule has 0 amide bonds. The van der Waals surface area contributed by atoms with Crippen molar-refractivity contribution >= 4 is 11.8 Å². The van der Waals surface area contributed by atoms with E-state index in [1.54, 1.807) is 0 Å². The van der Waals surface area contributed by atoms with E-state index in [0.29, 0.717) is 17.8 Å². The standard InChI is InChI=1S/C11H24N2OS/c1-8(5-14)10(3)13-11(6-12)4-9(2)15-7-11/h8-10,13-14H,4-7,12H2,1-3H3. The summed E-state index contributed by atoms with van der Waals surface area (Å²) in [4.78, 5) is 0. The lowest BCUT2D eigenvalue weighted by Crippen LogP contribution is -2.56. The molecule has 0 spiro atoms. The van der Waals surface area contributed by atoms with E-state index in [1.807, 2.05) is 11.8 Å².